The number of nitro groups is 1. The minimum Gasteiger partial charge on any atom is -0.354 e. The summed E-state index contributed by atoms with van der Waals surface area (Å²) < 4.78 is 2.48. The van der Waals surface area contributed by atoms with Gasteiger partial charge in [-0.15, -0.1) is 5.10 Å². The molecule has 0 aliphatic rings. The van der Waals surface area contributed by atoms with Gasteiger partial charge in [0, 0.05) is 25.7 Å². The molecule has 0 aliphatic heterocycles. The monoisotopic (exact) mass is 263 g/mol. The fourth-order valence-corrected chi connectivity index (χ4v) is 1.72. The van der Waals surface area contributed by atoms with Crippen LogP contribution in [0.3, 0.4) is 0 Å². The van der Waals surface area contributed by atoms with Crippen LogP contribution in [0.5, 0.6) is 0 Å². The summed E-state index contributed by atoms with van der Waals surface area (Å²) in [5.74, 6) is 0.357. The van der Waals surface area contributed by atoms with Gasteiger partial charge in [0.1, 0.15) is 0 Å². The first kappa shape index (κ1) is 12.8. The summed E-state index contributed by atoms with van der Waals surface area (Å²) in [5.41, 5.74) is -0.0320. The molecule has 8 heteroatoms. The van der Waals surface area contributed by atoms with Crippen molar-refractivity contribution in [3.63, 3.8) is 0 Å². The van der Waals surface area contributed by atoms with E-state index < -0.39 is 4.92 Å². The zero-order valence-corrected chi connectivity index (χ0v) is 10.5. The molecule has 0 saturated heterocycles. The van der Waals surface area contributed by atoms with Crippen LogP contribution in [0.2, 0.25) is 0 Å². The summed E-state index contributed by atoms with van der Waals surface area (Å²) in [7, 11) is 1.52. The fourth-order valence-electron chi connectivity index (χ4n) is 1.72. The van der Waals surface area contributed by atoms with E-state index in [4.69, 9.17) is 0 Å². The lowest BCUT2D eigenvalue weighted by Gasteiger charge is -2.05. The van der Waals surface area contributed by atoms with Crippen molar-refractivity contribution in [1.82, 2.24) is 14.3 Å². The molecular weight excluding hydrogens is 250 g/mol. The molecule has 2 aromatic rings. The maximum atomic E-state index is 12.0. The molecule has 0 fully saturated rings. The second kappa shape index (κ2) is 4.92. The summed E-state index contributed by atoms with van der Waals surface area (Å²) in [6.45, 7) is 2.46. The SMILES string of the molecule is CCNc1nn(C)c(=O)n1-c1cccc([N+](=O)[O-])c1. The van der Waals surface area contributed by atoms with E-state index >= 15 is 0 Å². The summed E-state index contributed by atoms with van der Waals surface area (Å²) in [6, 6.07) is 5.86. The van der Waals surface area contributed by atoms with Crippen molar-refractivity contribution in [3.8, 4) is 5.69 Å². The Morgan fingerprint density at radius 3 is 2.84 bits per heavy atom. The highest BCUT2D eigenvalue weighted by atomic mass is 16.6. The molecular formula is C11H13N5O3. The van der Waals surface area contributed by atoms with Gasteiger partial charge in [0.05, 0.1) is 10.6 Å². The van der Waals surface area contributed by atoms with Crippen LogP contribution in [0.1, 0.15) is 6.92 Å². The van der Waals surface area contributed by atoms with Crippen molar-refractivity contribution < 1.29 is 4.92 Å². The summed E-state index contributed by atoms with van der Waals surface area (Å²) in [4.78, 5) is 22.3. The molecule has 1 aromatic carbocycles. The first-order valence-electron chi connectivity index (χ1n) is 5.69. The average Bonchev–Trinajstić information content (AvgIpc) is 2.65. The second-order valence-corrected chi connectivity index (χ2v) is 3.87. The summed E-state index contributed by atoms with van der Waals surface area (Å²) in [5, 5.41) is 17.8. The maximum Gasteiger partial charge on any atom is 0.351 e. The van der Waals surface area contributed by atoms with Gasteiger partial charge in [-0.25, -0.2) is 14.0 Å². The number of nitrogens with zero attached hydrogens (tertiary/aromatic N) is 4. The first-order chi connectivity index (χ1) is 9.04. The highest BCUT2D eigenvalue weighted by molar-refractivity contribution is 5.47. The van der Waals surface area contributed by atoms with Crippen molar-refractivity contribution in [2.24, 2.45) is 7.05 Å². The summed E-state index contributed by atoms with van der Waals surface area (Å²) in [6.07, 6.45) is 0. The van der Waals surface area contributed by atoms with E-state index in [0.29, 0.717) is 18.2 Å². The number of hydrogen-bond donors (Lipinski definition) is 1. The number of anilines is 1. The molecule has 0 amide bonds. The van der Waals surface area contributed by atoms with Crippen LogP contribution in [0.4, 0.5) is 11.6 Å². The van der Waals surface area contributed by atoms with Gasteiger partial charge >= 0.3 is 5.69 Å². The van der Waals surface area contributed by atoms with E-state index in [9.17, 15) is 14.9 Å². The van der Waals surface area contributed by atoms with E-state index in [1.165, 1.54) is 34.5 Å². The predicted octanol–water partition coefficient (Wildman–Crippen LogP) is 0.911. The van der Waals surface area contributed by atoms with Gasteiger partial charge in [0.15, 0.2) is 0 Å². The molecule has 0 bridgehead atoms. The number of nitrogens with one attached hydrogen (secondary N) is 1. The lowest BCUT2D eigenvalue weighted by Crippen LogP contribution is -2.22. The highest BCUT2D eigenvalue weighted by Gasteiger charge is 2.14. The third-order valence-electron chi connectivity index (χ3n) is 2.56. The van der Waals surface area contributed by atoms with Crippen molar-refractivity contribution in [1.29, 1.82) is 0 Å². The highest BCUT2D eigenvalue weighted by Crippen LogP contribution is 2.17. The van der Waals surface area contributed by atoms with E-state index in [1.807, 2.05) is 6.92 Å². The Bertz CT molecular complexity index is 673. The standard InChI is InChI=1S/C11H13N5O3/c1-3-12-10-13-14(2)11(17)15(10)8-5-4-6-9(7-8)16(18)19/h4-7H,3H2,1-2H3,(H,12,13). The molecule has 0 unspecified atom stereocenters. The molecule has 0 radical (unpaired) electrons. The van der Waals surface area contributed by atoms with Crippen LogP contribution in [0, 0.1) is 10.1 Å². The van der Waals surface area contributed by atoms with Crippen LogP contribution in [0.25, 0.3) is 5.69 Å². The largest absolute Gasteiger partial charge is 0.354 e. The van der Waals surface area contributed by atoms with Gasteiger partial charge in [-0.05, 0) is 13.0 Å². The van der Waals surface area contributed by atoms with Gasteiger partial charge in [-0.1, -0.05) is 6.07 Å². The Hall–Kier alpha value is -2.64. The third-order valence-corrected chi connectivity index (χ3v) is 2.56. The number of rotatable bonds is 4. The van der Waals surface area contributed by atoms with Gasteiger partial charge < -0.3 is 5.32 Å². The minimum atomic E-state index is -0.502. The van der Waals surface area contributed by atoms with Gasteiger partial charge in [-0.3, -0.25) is 10.1 Å². The van der Waals surface area contributed by atoms with Crippen LogP contribution < -0.4 is 11.0 Å². The predicted molar refractivity (Wildman–Crippen MR) is 69.6 cm³/mol. The van der Waals surface area contributed by atoms with Gasteiger partial charge in [-0.2, -0.15) is 0 Å². The lowest BCUT2D eigenvalue weighted by molar-refractivity contribution is -0.384. The molecule has 0 spiro atoms. The molecule has 100 valence electrons. The Balaban J connectivity index is 2.61. The Morgan fingerprint density at radius 1 is 1.47 bits per heavy atom. The summed E-state index contributed by atoms with van der Waals surface area (Å²) >= 11 is 0. The molecule has 2 rings (SSSR count). The smallest absolute Gasteiger partial charge is 0.351 e. The third kappa shape index (κ3) is 2.32. The molecule has 1 N–H and O–H groups in total. The van der Waals surface area contributed by atoms with E-state index in [2.05, 4.69) is 10.4 Å². The Morgan fingerprint density at radius 2 is 2.21 bits per heavy atom. The topological polar surface area (TPSA) is 95.0 Å². The van der Waals surface area contributed by atoms with E-state index in [1.54, 1.807) is 6.07 Å². The normalized spacial score (nSPS) is 10.4. The van der Waals surface area contributed by atoms with Crippen molar-refractivity contribution in [2.45, 2.75) is 6.92 Å². The van der Waals surface area contributed by atoms with Crippen LogP contribution in [0.15, 0.2) is 29.1 Å². The number of hydrogen-bond acceptors (Lipinski definition) is 5. The molecule has 8 nitrogen and oxygen atoms in total. The van der Waals surface area contributed by atoms with Crippen molar-refractivity contribution in [2.75, 3.05) is 11.9 Å². The quantitative estimate of drug-likeness (QED) is 0.653. The molecule has 0 saturated carbocycles. The van der Waals surface area contributed by atoms with E-state index in [-0.39, 0.29) is 11.4 Å². The van der Waals surface area contributed by atoms with Crippen LogP contribution in [-0.4, -0.2) is 25.8 Å². The number of benzene rings is 1. The average molecular weight is 263 g/mol. The Kier molecular flexibility index (Phi) is 3.32. The molecule has 0 atom stereocenters. The van der Waals surface area contributed by atoms with Gasteiger partial charge in [0.25, 0.3) is 5.69 Å². The van der Waals surface area contributed by atoms with Gasteiger partial charge in [0.2, 0.25) is 5.95 Å². The van der Waals surface area contributed by atoms with E-state index in [0.717, 1.165) is 0 Å². The number of nitro benzene ring substituents is 1. The lowest BCUT2D eigenvalue weighted by atomic mass is 10.3. The van der Waals surface area contributed by atoms with Crippen molar-refractivity contribution >= 4 is 11.6 Å². The molecule has 1 heterocycles. The minimum absolute atomic E-state index is 0.0734. The molecule has 1 aromatic heterocycles. The van der Waals surface area contributed by atoms with Crippen LogP contribution >= 0.6 is 0 Å². The maximum absolute atomic E-state index is 12.0. The zero-order chi connectivity index (χ0) is 14.0. The van der Waals surface area contributed by atoms with Crippen LogP contribution in [-0.2, 0) is 7.05 Å². The fraction of sp³-hybridized carbons (Fsp3) is 0.273. The molecule has 0 aliphatic carbocycles. The Labute approximate surface area is 108 Å². The first-order valence-corrected chi connectivity index (χ1v) is 5.69. The number of non-ortho nitro benzene ring substituents is 1. The second-order valence-electron chi connectivity index (χ2n) is 3.87. The molecule has 19 heavy (non-hydrogen) atoms. The number of aryl methyl sites for hydroxylation is 1. The zero-order valence-electron chi connectivity index (χ0n) is 10.5. The number of aromatic nitrogens is 3. The van der Waals surface area contributed by atoms with Crippen molar-refractivity contribution in [3.05, 3.63) is 44.9 Å².